The molecule has 0 amide bonds. The number of methoxy groups -OCH3 is 2. The molecule has 0 spiro atoms. The van der Waals surface area contributed by atoms with Gasteiger partial charge in [-0.1, -0.05) is 25.7 Å². The fourth-order valence-electron chi connectivity index (χ4n) is 3.13. The van der Waals surface area contributed by atoms with Gasteiger partial charge in [-0.25, -0.2) is 4.79 Å². The van der Waals surface area contributed by atoms with Gasteiger partial charge >= 0.3 is 5.97 Å². The zero-order chi connectivity index (χ0) is 16.9. The second-order valence-electron chi connectivity index (χ2n) is 6.21. The van der Waals surface area contributed by atoms with Gasteiger partial charge in [0.15, 0.2) is 0 Å². The molecule has 0 aromatic carbocycles. The van der Waals surface area contributed by atoms with Crippen LogP contribution < -0.4 is 9.64 Å². The van der Waals surface area contributed by atoms with Gasteiger partial charge in [0.25, 0.3) is 0 Å². The van der Waals surface area contributed by atoms with Crippen LogP contribution in [-0.2, 0) is 4.74 Å². The Morgan fingerprint density at radius 3 is 2.48 bits per heavy atom. The van der Waals surface area contributed by atoms with Gasteiger partial charge in [-0.3, -0.25) is 0 Å². The third-order valence-corrected chi connectivity index (χ3v) is 4.40. The molecule has 0 atom stereocenters. The minimum Gasteiger partial charge on any atom is -0.480 e. The Morgan fingerprint density at radius 1 is 1.26 bits per heavy atom. The van der Waals surface area contributed by atoms with Crippen molar-refractivity contribution in [3.63, 3.8) is 0 Å². The van der Waals surface area contributed by atoms with Gasteiger partial charge in [0, 0.05) is 13.6 Å². The Morgan fingerprint density at radius 2 is 1.91 bits per heavy atom. The van der Waals surface area contributed by atoms with E-state index in [1.165, 1.54) is 27.1 Å². The molecule has 1 heterocycles. The molecule has 1 N–H and O–H groups in total. The van der Waals surface area contributed by atoms with Crippen LogP contribution in [0.3, 0.4) is 0 Å². The van der Waals surface area contributed by atoms with E-state index in [1.54, 1.807) is 12.1 Å². The van der Waals surface area contributed by atoms with E-state index in [9.17, 15) is 9.90 Å². The fraction of sp³-hybridized carbons (Fsp3) is 0.647. The van der Waals surface area contributed by atoms with Crippen LogP contribution in [0.2, 0.25) is 0 Å². The molecule has 1 aromatic heterocycles. The van der Waals surface area contributed by atoms with Crippen LogP contribution in [0.4, 0.5) is 5.82 Å². The normalized spacial score (nSPS) is 17.2. The van der Waals surface area contributed by atoms with Crippen LogP contribution in [-0.4, -0.2) is 49.5 Å². The average Bonchev–Trinajstić information content (AvgIpc) is 2.77. The minimum atomic E-state index is -0.679. The molecular formula is C17H26N2O4. The molecule has 2 rings (SSSR count). The standard InChI is InChI=1S/C17H26N2O4/c1-19(12-17(21)10-6-4-5-7-11-17)14-9-8-13(16(20)23-3)15(18-14)22-2/h8-9,21H,4-7,10-12H2,1-3H3. The quantitative estimate of drug-likeness (QED) is 0.663. The number of ether oxygens (including phenoxy) is 2. The Hall–Kier alpha value is -1.82. The summed E-state index contributed by atoms with van der Waals surface area (Å²) in [5.74, 6) is 0.409. The maximum Gasteiger partial charge on any atom is 0.343 e. The summed E-state index contributed by atoms with van der Waals surface area (Å²) >= 11 is 0. The highest BCUT2D eigenvalue weighted by atomic mass is 16.5. The van der Waals surface area contributed by atoms with E-state index in [2.05, 4.69) is 4.98 Å². The molecule has 1 fully saturated rings. The number of aliphatic hydroxyl groups is 1. The number of hydrogen-bond donors (Lipinski definition) is 1. The number of anilines is 1. The largest absolute Gasteiger partial charge is 0.480 e. The Bertz CT molecular complexity index is 539. The zero-order valence-corrected chi connectivity index (χ0v) is 14.2. The van der Waals surface area contributed by atoms with E-state index >= 15 is 0 Å². The number of carbonyl (C=O) groups excluding carboxylic acids is 1. The number of likely N-dealkylation sites (N-methyl/N-ethyl adjacent to an activating group) is 1. The lowest BCUT2D eigenvalue weighted by Crippen LogP contribution is -2.41. The summed E-state index contributed by atoms with van der Waals surface area (Å²) in [7, 11) is 4.68. The predicted molar refractivity (Wildman–Crippen MR) is 88.1 cm³/mol. The van der Waals surface area contributed by atoms with Crippen molar-refractivity contribution in [3.05, 3.63) is 17.7 Å². The van der Waals surface area contributed by atoms with Gasteiger partial charge in [-0.15, -0.1) is 0 Å². The second-order valence-corrected chi connectivity index (χ2v) is 6.21. The smallest absolute Gasteiger partial charge is 0.343 e. The lowest BCUT2D eigenvalue weighted by molar-refractivity contribution is 0.0327. The Balaban J connectivity index is 2.15. The molecule has 128 valence electrons. The van der Waals surface area contributed by atoms with Crippen molar-refractivity contribution in [2.75, 3.05) is 32.7 Å². The van der Waals surface area contributed by atoms with Crippen LogP contribution in [0.25, 0.3) is 0 Å². The van der Waals surface area contributed by atoms with Gasteiger partial charge in [0.1, 0.15) is 11.4 Å². The number of nitrogens with zero attached hydrogens (tertiary/aromatic N) is 2. The molecule has 6 nitrogen and oxygen atoms in total. The van der Waals surface area contributed by atoms with Crippen LogP contribution in [0.5, 0.6) is 5.88 Å². The lowest BCUT2D eigenvalue weighted by atomic mass is 9.94. The van der Waals surface area contributed by atoms with Gasteiger partial charge in [-0.2, -0.15) is 4.98 Å². The molecule has 1 aromatic rings. The number of pyridine rings is 1. The fourth-order valence-corrected chi connectivity index (χ4v) is 3.13. The maximum absolute atomic E-state index is 11.7. The highest BCUT2D eigenvalue weighted by Gasteiger charge is 2.30. The van der Waals surface area contributed by atoms with Gasteiger partial charge < -0.3 is 19.5 Å². The van der Waals surface area contributed by atoms with Gasteiger partial charge in [0.2, 0.25) is 5.88 Å². The number of carbonyl (C=O) groups is 1. The van der Waals surface area contributed by atoms with Gasteiger partial charge in [0.05, 0.1) is 19.8 Å². The van der Waals surface area contributed by atoms with Crippen LogP contribution in [0.1, 0.15) is 48.9 Å². The van der Waals surface area contributed by atoms with Crippen molar-refractivity contribution in [1.29, 1.82) is 0 Å². The number of aromatic nitrogens is 1. The van der Waals surface area contributed by atoms with Crippen molar-refractivity contribution in [3.8, 4) is 5.88 Å². The second kappa shape index (κ2) is 7.64. The van der Waals surface area contributed by atoms with E-state index < -0.39 is 11.6 Å². The molecular weight excluding hydrogens is 296 g/mol. The van der Waals surface area contributed by atoms with E-state index in [1.807, 2.05) is 11.9 Å². The van der Waals surface area contributed by atoms with E-state index in [0.717, 1.165) is 25.7 Å². The van der Waals surface area contributed by atoms with E-state index in [4.69, 9.17) is 9.47 Å². The van der Waals surface area contributed by atoms with Crippen molar-refractivity contribution in [1.82, 2.24) is 4.98 Å². The third kappa shape index (κ3) is 4.34. The van der Waals surface area contributed by atoms with Crippen LogP contribution in [0.15, 0.2) is 12.1 Å². The number of rotatable bonds is 5. The lowest BCUT2D eigenvalue weighted by Gasteiger charge is -2.32. The van der Waals surface area contributed by atoms with Crippen molar-refractivity contribution >= 4 is 11.8 Å². The zero-order valence-electron chi connectivity index (χ0n) is 14.2. The number of esters is 1. The molecule has 23 heavy (non-hydrogen) atoms. The molecule has 0 aliphatic heterocycles. The molecule has 0 unspecified atom stereocenters. The predicted octanol–water partition coefficient (Wildman–Crippen LogP) is 2.40. The minimum absolute atomic E-state index is 0.231. The summed E-state index contributed by atoms with van der Waals surface area (Å²) in [6.45, 7) is 0.515. The highest BCUT2D eigenvalue weighted by Crippen LogP contribution is 2.29. The first kappa shape index (κ1) is 17.5. The van der Waals surface area contributed by atoms with Crippen LogP contribution in [0, 0.1) is 0 Å². The summed E-state index contributed by atoms with van der Waals surface area (Å²) in [6, 6.07) is 3.38. The topological polar surface area (TPSA) is 71.9 Å². The molecule has 1 aliphatic carbocycles. The third-order valence-electron chi connectivity index (χ3n) is 4.40. The Labute approximate surface area is 137 Å². The summed E-state index contributed by atoms with van der Waals surface area (Å²) in [5, 5.41) is 10.8. The molecule has 6 heteroatoms. The molecule has 0 saturated heterocycles. The Kier molecular flexibility index (Phi) is 5.82. The number of hydrogen-bond acceptors (Lipinski definition) is 6. The SMILES string of the molecule is COC(=O)c1ccc(N(C)CC2(O)CCCCCC2)nc1OC. The van der Waals surface area contributed by atoms with Crippen molar-refractivity contribution in [2.45, 2.75) is 44.1 Å². The first-order valence-corrected chi connectivity index (χ1v) is 8.06. The molecule has 0 bridgehead atoms. The van der Waals surface area contributed by atoms with Gasteiger partial charge in [-0.05, 0) is 25.0 Å². The monoisotopic (exact) mass is 322 g/mol. The highest BCUT2D eigenvalue weighted by molar-refractivity contribution is 5.92. The van der Waals surface area contributed by atoms with E-state index in [0.29, 0.717) is 17.9 Å². The maximum atomic E-state index is 11.7. The van der Waals surface area contributed by atoms with E-state index in [-0.39, 0.29) is 5.88 Å². The summed E-state index contributed by atoms with van der Waals surface area (Å²) in [5.41, 5.74) is -0.387. The first-order chi connectivity index (χ1) is 11.0. The molecule has 1 saturated carbocycles. The molecule has 1 aliphatic rings. The first-order valence-electron chi connectivity index (χ1n) is 8.06. The molecule has 0 radical (unpaired) electrons. The summed E-state index contributed by atoms with van der Waals surface area (Å²) in [4.78, 5) is 18.0. The summed E-state index contributed by atoms with van der Waals surface area (Å²) in [6.07, 6.45) is 6.12. The van der Waals surface area contributed by atoms with Crippen LogP contribution >= 0.6 is 0 Å². The average molecular weight is 322 g/mol. The van der Waals surface area contributed by atoms with Crippen molar-refractivity contribution in [2.24, 2.45) is 0 Å². The van der Waals surface area contributed by atoms with Crippen molar-refractivity contribution < 1.29 is 19.4 Å². The summed E-state index contributed by atoms with van der Waals surface area (Å²) < 4.78 is 9.91.